The van der Waals surface area contributed by atoms with Crippen molar-refractivity contribution < 1.29 is 14.7 Å². The molecule has 0 spiro atoms. The van der Waals surface area contributed by atoms with Gasteiger partial charge in [-0.2, -0.15) is 0 Å². The van der Waals surface area contributed by atoms with Crippen molar-refractivity contribution in [3.05, 3.63) is 11.9 Å². The molecule has 2 heterocycles. The number of hydrogen-bond donors (Lipinski definition) is 2. The summed E-state index contributed by atoms with van der Waals surface area (Å²) in [6, 6.07) is 0. The Morgan fingerprint density at radius 3 is 3.06 bits per heavy atom. The van der Waals surface area contributed by atoms with Gasteiger partial charge in [-0.1, -0.05) is 5.21 Å². The Balaban J connectivity index is 1.74. The number of aromatic nitrogens is 3. The van der Waals surface area contributed by atoms with Crippen LogP contribution in [0.3, 0.4) is 0 Å². The molecule has 1 atom stereocenters. The SMILES string of the molecule is O=C(O)c1cn(CCNC(=O)C2CCCS2)nn1. The number of nitrogens with zero attached hydrogens (tertiary/aromatic N) is 3. The topological polar surface area (TPSA) is 97.1 Å². The van der Waals surface area contributed by atoms with Gasteiger partial charge >= 0.3 is 5.97 Å². The van der Waals surface area contributed by atoms with Crippen molar-refractivity contribution in [2.75, 3.05) is 12.3 Å². The number of carboxylic acid groups (broad SMARTS) is 1. The molecule has 1 amide bonds. The van der Waals surface area contributed by atoms with Gasteiger partial charge in [0.1, 0.15) is 0 Å². The van der Waals surface area contributed by atoms with E-state index in [0.717, 1.165) is 18.6 Å². The quantitative estimate of drug-likeness (QED) is 0.781. The van der Waals surface area contributed by atoms with Crippen molar-refractivity contribution in [1.82, 2.24) is 20.3 Å². The lowest BCUT2D eigenvalue weighted by Gasteiger charge is -2.09. The molecule has 1 saturated heterocycles. The molecule has 0 aromatic carbocycles. The Bertz CT molecular complexity index is 442. The molecular weight excluding hydrogens is 256 g/mol. The first-order chi connectivity index (χ1) is 8.66. The highest BCUT2D eigenvalue weighted by Crippen LogP contribution is 2.25. The summed E-state index contributed by atoms with van der Waals surface area (Å²) >= 11 is 1.68. The van der Waals surface area contributed by atoms with E-state index in [9.17, 15) is 9.59 Å². The van der Waals surface area contributed by atoms with E-state index in [-0.39, 0.29) is 16.9 Å². The van der Waals surface area contributed by atoms with Crippen LogP contribution in [0, 0.1) is 0 Å². The van der Waals surface area contributed by atoms with Gasteiger partial charge in [0.25, 0.3) is 0 Å². The molecule has 1 aromatic heterocycles. The van der Waals surface area contributed by atoms with Gasteiger partial charge in [0, 0.05) is 6.54 Å². The third-order valence-electron chi connectivity index (χ3n) is 2.62. The molecule has 1 fully saturated rings. The van der Waals surface area contributed by atoms with Gasteiger partial charge in [-0.15, -0.1) is 16.9 Å². The Kier molecular flexibility index (Phi) is 4.19. The molecular formula is C10H14N4O3S. The van der Waals surface area contributed by atoms with Crippen LogP contribution in [-0.2, 0) is 11.3 Å². The highest BCUT2D eigenvalue weighted by molar-refractivity contribution is 8.00. The molecule has 1 aromatic rings. The smallest absolute Gasteiger partial charge is 0.358 e. The van der Waals surface area contributed by atoms with Gasteiger partial charge in [0.2, 0.25) is 5.91 Å². The molecule has 0 saturated carbocycles. The van der Waals surface area contributed by atoms with E-state index >= 15 is 0 Å². The van der Waals surface area contributed by atoms with Crippen LogP contribution >= 0.6 is 11.8 Å². The van der Waals surface area contributed by atoms with E-state index in [1.165, 1.54) is 10.9 Å². The molecule has 2 rings (SSSR count). The van der Waals surface area contributed by atoms with Gasteiger partial charge < -0.3 is 10.4 Å². The van der Waals surface area contributed by atoms with E-state index in [1.54, 1.807) is 11.8 Å². The number of nitrogens with one attached hydrogen (secondary N) is 1. The number of aromatic carboxylic acids is 1. The molecule has 8 heteroatoms. The van der Waals surface area contributed by atoms with E-state index in [0.29, 0.717) is 13.1 Å². The van der Waals surface area contributed by atoms with Crippen molar-refractivity contribution in [1.29, 1.82) is 0 Å². The molecule has 1 unspecified atom stereocenters. The van der Waals surface area contributed by atoms with Crippen LogP contribution in [0.4, 0.5) is 0 Å². The minimum absolute atomic E-state index is 0.0519. The van der Waals surface area contributed by atoms with Crippen LogP contribution in [0.5, 0.6) is 0 Å². The van der Waals surface area contributed by atoms with Gasteiger partial charge in [0.15, 0.2) is 5.69 Å². The first kappa shape index (κ1) is 12.9. The van der Waals surface area contributed by atoms with Crippen molar-refractivity contribution in [2.24, 2.45) is 0 Å². The molecule has 0 radical (unpaired) electrons. The van der Waals surface area contributed by atoms with Crippen LogP contribution in [-0.4, -0.2) is 49.5 Å². The van der Waals surface area contributed by atoms with E-state index in [2.05, 4.69) is 15.6 Å². The molecule has 98 valence electrons. The van der Waals surface area contributed by atoms with Crippen LogP contribution < -0.4 is 5.32 Å². The van der Waals surface area contributed by atoms with E-state index in [1.807, 2.05) is 0 Å². The third kappa shape index (κ3) is 3.22. The van der Waals surface area contributed by atoms with Crippen molar-refractivity contribution in [3.8, 4) is 0 Å². The summed E-state index contributed by atoms with van der Waals surface area (Å²) in [4.78, 5) is 22.3. The van der Waals surface area contributed by atoms with Crippen LogP contribution in [0.25, 0.3) is 0 Å². The lowest BCUT2D eigenvalue weighted by molar-refractivity contribution is -0.120. The first-order valence-corrected chi connectivity index (χ1v) is 6.74. The monoisotopic (exact) mass is 270 g/mol. The predicted octanol–water partition coefficient (Wildman–Crippen LogP) is -0.0119. The van der Waals surface area contributed by atoms with Crippen molar-refractivity contribution in [3.63, 3.8) is 0 Å². The zero-order valence-electron chi connectivity index (χ0n) is 9.70. The second-order valence-corrected chi connectivity index (χ2v) is 5.28. The molecule has 1 aliphatic heterocycles. The van der Waals surface area contributed by atoms with Crippen molar-refractivity contribution in [2.45, 2.75) is 24.6 Å². The minimum Gasteiger partial charge on any atom is -0.476 e. The summed E-state index contributed by atoms with van der Waals surface area (Å²) < 4.78 is 1.41. The Labute approximate surface area is 108 Å². The molecule has 2 N–H and O–H groups in total. The summed E-state index contributed by atoms with van der Waals surface area (Å²) in [5.74, 6) is -0.00734. The lowest BCUT2D eigenvalue weighted by atomic mass is 10.2. The maximum absolute atomic E-state index is 11.7. The van der Waals surface area contributed by atoms with E-state index < -0.39 is 5.97 Å². The summed E-state index contributed by atoms with van der Waals surface area (Å²) in [5, 5.41) is 18.7. The maximum atomic E-state index is 11.7. The fraction of sp³-hybridized carbons (Fsp3) is 0.600. The second-order valence-electron chi connectivity index (χ2n) is 3.96. The lowest BCUT2D eigenvalue weighted by Crippen LogP contribution is -2.33. The summed E-state index contributed by atoms with van der Waals surface area (Å²) in [5.41, 5.74) is -0.0901. The third-order valence-corrected chi connectivity index (χ3v) is 4.00. The number of carboxylic acids is 1. The predicted molar refractivity (Wildman–Crippen MR) is 65.5 cm³/mol. The average molecular weight is 270 g/mol. The number of carbonyl (C=O) groups excluding carboxylic acids is 1. The van der Waals surface area contributed by atoms with Gasteiger partial charge in [-0.05, 0) is 18.6 Å². The molecule has 0 aliphatic carbocycles. The summed E-state index contributed by atoms with van der Waals surface area (Å²) in [6.07, 6.45) is 3.37. The van der Waals surface area contributed by atoms with Gasteiger partial charge in [-0.3, -0.25) is 4.79 Å². The number of carbonyl (C=O) groups is 2. The van der Waals surface area contributed by atoms with Crippen molar-refractivity contribution >= 4 is 23.6 Å². The van der Waals surface area contributed by atoms with Gasteiger partial charge in [0.05, 0.1) is 18.0 Å². The zero-order valence-corrected chi connectivity index (χ0v) is 10.5. The number of hydrogen-bond acceptors (Lipinski definition) is 5. The largest absolute Gasteiger partial charge is 0.476 e. The summed E-state index contributed by atoms with van der Waals surface area (Å²) in [6.45, 7) is 0.849. The fourth-order valence-electron chi connectivity index (χ4n) is 1.70. The van der Waals surface area contributed by atoms with Crippen LogP contribution in [0.15, 0.2) is 6.20 Å². The Morgan fingerprint density at radius 2 is 2.44 bits per heavy atom. The highest BCUT2D eigenvalue weighted by atomic mass is 32.2. The standard InChI is InChI=1S/C10H14N4O3S/c15-9(8-2-1-5-18-8)11-3-4-14-6-7(10(16)17)12-13-14/h6,8H,1-5H2,(H,11,15)(H,16,17). The fourth-order valence-corrected chi connectivity index (χ4v) is 2.88. The maximum Gasteiger partial charge on any atom is 0.358 e. The highest BCUT2D eigenvalue weighted by Gasteiger charge is 2.22. The minimum atomic E-state index is -1.10. The van der Waals surface area contributed by atoms with Crippen LogP contribution in [0.2, 0.25) is 0 Å². The Morgan fingerprint density at radius 1 is 1.61 bits per heavy atom. The summed E-state index contributed by atoms with van der Waals surface area (Å²) in [7, 11) is 0. The molecule has 18 heavy (non-hydrogen) atoms. The number of thioether (sulfide) groups is 1. The van der Waals surface area contributed by atoms with E-state index in [4.69, 9.17) is 5.11 Å². The second kappa shape index (κ2) is 5.85. The zero-order chi connectivity index (χ0) is 13.0. The van der Waals surface area contributed by atoms with Gasteiger partial charge in [-0.25, -0.2) is 9.48 Å². The number of amides is 1. The Hall–Kier alpha value is -1.57. The molecule has 0 bridgehead atoms. The average Bonchev–Trinajstić information content (AvgIpc) is 3.00. The number of rotatable bonds is 5. The first-order valence-electron chi connectivity index (χ1n) is 5.69. The molecule has 7 nitrogen and oxygen atoms in total. The normalized spacial score (nSPS) is 18.8. The van der Waals surface area contributed by atoms with Crippen LogP contribution in [0.1, 0.15) is 23.3 Å². The molecule has 1 aliphatic rings.